The Kier molecular flexibility index (Phi) is 3.31. The number of fused-ring (bicyclic) bond motifs is 1. The number of hydrogen-bond donors (Lipinski definition) is 1. The number of aromatic nitrogens is 1. The fourth-order valence-electron chi connectivity index (χ4n) is 2.36. The highest BCUT2D eigenvalue weighted by molar-refractivity contribution is 5.26. The van der Waals surface area contributed by atoms with Crippen LogP contribution in [0.5, 0.6) is 0 Å². The molecule has 0 saturated carbocycles. The van der Waals surface area contributed by atoms with Gasteiger partial charge in [0.1, 0.15) is 6.17 Å². The fourth-order valence-corrected chi connectivity index (χ4v) is 2.36. The molecule has 0 amide bonds. The summed E-state index contributed by atoms with van der Waals surface area (Å²) in [5.41, 5.74) is 7.57. The highest BCUT2D eigenvalue weighted by Crippen LogP contribution is 2.34. The van der Waals surface area contributed by atoms with Crippen LogP contribution in [0.15, 0.2) is 18.3 Å². The molecule has 2 atom stereocenters. The maximum Gasteiger partial charge on any atom is 0.110 e. The normalized spacial score (nSPS) is 22.1. The lowest BCUT2D eigenvalue weighted by atomic mass is 9.83. The van der Waals surface area contributed by atoms with Gasteiger partial charge < -0.3 is 5.73 Å². The first kappa shape index (κ1) is 10.6. The minimum absolute atomic E-state index is 0.0292. The molecule has 1 aromatic rings. The molecule has 1 aliphatic rings. The van der Waals surface area contributed by atoms with E-state index in [1.54, 1.807) is 6.20 Å². The Morgan fingerprint density at radius 2 is 2.47 bits per heavy atom. The predicted octanol–water partition coefficient (Wildman–Crippen LogP) is 2.19. The summed E-state index contributed by atoms with van der Waals surface area (Å²) in [6.45, 7) is 0.417. The van der Waals surface area contributed by atoms with Crippen LogP contribution >= 0.6 is 0 Å². The van der Waals surface area contributed by atoms with E-state index in [9.17, 15) is 4.39 Å². The van der Waals surface area contributed by atoms with E-state index in [0.29, 0.717) is 13.0 Å². The van der Waals surface area contributed by atoms with E-state index in [4.69, 9.17) is 5.73 Å². The summed E-state index contributed by atoms with van der Waals surface area (Å²) in [7, 11) is 0. The van der Waals surface area contributed by atoms with Gasteiger partial charge in [0.15, 0.2) is 0 Å². The lowest BCUT2D eigenvalue weighted by Crippen LogP contribution is -2.23. The van der Waals surface area contributed by atoms with Gasteiger partial charge in [-0.2, -0.15) is 0 Å². The summed E-state index contributed by atoms with van der Waals surface area (Å²) in [5, 5.41) is 0. The number of hydrogen-bond acceptors (Lipinski definition) is 2. The summed E-state index contributed by atoms with van der Waals surface area (Å²) in [6, 6.07) is 3.99. The molecule has 0 spiro atoms. The summed E-state index contributed by atoms with van der Waals surface area (Å²) >= 11 is 0. The Balaban J connectivity index is 2.21. The number of alkyl halides is 1. The molecule has 0 aromatic carbocycles. The van der Waals surface area contributed by atoms with E-state index in [1.165, 1.54) is 5.56 Å². The largest absolute Gasteiger partial charge is 0.330 e. The monoisotopic (exact) mass is 208 g/mol. The molecule has 0 saturated heterocycles. The maximum absolute atomic E-state index is 13.8. The molecular formula is C12H17FN2. The van der Waals surface area contributed by atoms with Gasteiger partial charge in [0.05, 0.1) is 0 Å². The predicted molar refractivity (Wildman–Crippen MR) is 58.5 cm³/mol. The molecule has 15 heavy (non-hydrogen) atoms. The van der Waals surface area contributed by atoms with Crippen molar-refractivity contribution in [2.45, 2.75) is 37.8 Å². The number of pyridine rings is 1. The van der Waals surface area contributed by atoms with Gasteiger partial charge in [-0.3, -0.25) is 4.98 Å². The molecule has 2 N–H and O–H groups in total. The molecule has 1 aromatic heterocycles. The van der Waals surface area contributed by atoms with Crippen molar-refractivity contribution < 1.29 is 4.39 Å². The Morgan fingerprint density at radius 1 is 1.60 bits per heavy atom. The Bertz CT molecular complexity index is 327. The second-order valence-corrected chi connectivity index (χ2v) is 4.14. The van der Waals surface area contributed by atoms with Gasteiger partial charge in [0.2, 0.25) is 0 Å². The van der Waals surface area contributed by atoms with E-state index in [0.717, 1.165) is 25.0 Å². The zero-order chi connectivity index (χ0) is 10.7. The molecule has 2 nitrogen and oxygen atoms in total. The second-order valence-electron chi connectivity index (χ2n) is 4.14. The van der Waals surface area contributed by atoms with Crippen LogP contribution in [0.3, 0.4) is 0 Å². The van der Waals surface area contributed by atoms with E-state index >= 15 is 0 Å². The minimum Gasteiger partial charge on any atom is -0.330 e. The third kappa shape index (κ3) is 2.17. The third-order valence-corrected chi connectivity index (χ3v) is 3.12. The lowest BCUT2D eigenvalue weighted by Gasteiger charge is -2.26. The quantitative estimate of drug-likeness (QED) is 0.827. The van der Waals surface area contributed by atoms with Crippen molar-refractivity contribution in [1.82, 2.24) is 4.98 Å². The van der Waals surface area contributed by atoms with Crippen molar-refractivity contribution in [1.29, 1.82) is 0 Å². The summed E-state index contributed by atoms with van der Waals surface area (Å²) in [6.07, 6.45) is 4.38. The van der Waals surface area contributed by atoms with Gasteiger partial charge >= 0.3 is 0 Å². The van der Waals surface area contributed by atoms with Gasteiger partial charge in [-0.25, -0.2) is 4.39 Å². The molecule has 0 radical (unpaired) electrons. The Hall–Kier alpha value is -0.960. The van der Waals surface area contributed by atoms with Gasteiger partial charge in [-0.05, 0) is 43.9 Å². The topological polar surface area (TPSA) is 38.9 Å². The number of aryl methyl sites for hydroxylation is 1. The molecule has 1 aliphatic carbocycles. The molecule has 0 fully saturated rings. The Morgan fingerprint density at radius 3 is 3.27 bits per heavy atom. The highest BCUT2D eigenvalue weighted by Gasteiger charge is 2.28. The number of nitrogens with two attached hydrogens (primary N) is 1. The molecular weight excluding hydrogens is 191 g/mol. The highest BCUT2D eigenvalue weighted by atomic mass is 19.1. The first-order chi connectivity index (χ1) is 7.33. The second kappa shape index (κ2) is 4.71. The van der Waals surface area contributed by atoms with Crippen molar-refractivity contribution in [2.24, 2.45) is 5.73 Å². The SMILES string of the molecule is NCCC(F)C1CCCc2cccnc21. The summed E-state index contributed by atoms with van der Waals surface area (Å²) < 4.78 is 13.8. The van der Waals surface area contributed by atoms with Gasteiger partial charge in [-0.1, -0.05) is 6.07 Å². The zero-order valence-corrected chi connectivity index (χ0v) is 8.82. The average Bonchev–Trinajstić information content (AvgIpc) is 2.28. The maximum atomic E-state index is 13.8. The third-order valence-electron chi connectivity index (χ3n) is 3.12. The number of halogens is 1. The number of nitrogens with zero attached hydrogens (tertiary/aromatic N) is 1. The molecule has 82 valence electrons. The molecule has 0 aliphatic heterocycles. The standard InChI is InChI=1S/C12H17FN2/c13-11(6-7-14)10-5-1-3-9-4-2-8-15-12(9)10/h2,4,8,10-11H,1,3,5-7,14H2. The van der Waals surface area contributed by atoms with Gasteiger partial charge in [0, 0.05) is 17.8 Å². The fraction of sp³-hybridized carbons (Fsp3) is 0.583. The summed E-state index contributed by atoms with van der Waals surface area (Å²) in [4.78, 5) is 4.32. The smallest absolute Gasteiger partial charge is 0.110 e. The average molecular weight is 208 g/mol. The summed E-state index contributed by atoms with van der Waals surface area (Å²) in [5.74, 6) is -0.0292. The minimum atomic E-state index is -0.830. The zero-order valence-electron chi connectivity index (χ0n) is 8.82. The first-order valence-corrected chi connectivity index (χ1v) is 5.61. The molecule has 2 unspecified atom stereocenters. The molecule has 0 bridgehead atoms. The lowest BCUT2D eigenvalue weighted by molar-refractivity contribution is 0.246. The van der Waals surface area contributed by atoms with Crippen LogP contribution in [0.4, 0.5) is 4.39 Å². The van der Waals surface area contributed by atoms with Crippen molar-refractivity contribution in [2.75, 3.05) is 6.54 Å². The van der Waals surface area contributed by atoms with Crippen LogP contribution in [0.1, 0.15) is 36.4 Å². The van der Waals surface area contributed by atoms with Crippen molar-refractivity contribution in [3.63, 3.8) is 0 Å². The van der Waals surface area contributed by atoms with Crippen LogP contribution in [-0.2, 0) is 6.42 Å². The van der Waals surface area contributed by atoms with Crippen LogP contribution in [-0.4, -0.2) is 17.7 Å². The van der Waals surface area contributed by atoms with Crippen LogP contribution in [0, 0.1) is 0 Å². The van der Waals surface area contributed by atoms with Crippen molar-refractivity contribution in [3.05, 3.63) is 29.6 Å². The van der Waals surface area contributed by atoms with Crippen LogP contribution < -0.4 is 5.73 Å². The first-order valence-electron chi connectivity index (χ1n) is 5.61. The molecule has 2 rings (SSSR count). The van der Waals surface area contributed by atoms with E-state index < -0.39 is 6.17 Å². The molecule has 1 heterocycles. The molecule has 3 heteroatoms. The van der Waals surface area contributed by atoms with Gasteiger partial charge in [-0.15, -0.1) is 0 Å². The Labute approximate surface area is 89.7 Å². The van der Waals surface area contributed by atoms with Crippen LogP contribution in [0.2, 0.25) is 0 Å². The van der Waals surface area contributed by atoms with E-state index in [2.05, 4.69) is 11.1 Å². The van der Waals surface area contributed by atoms with Crippen LogP contribution in [0.25, 0.3) is 0 Å². The number of rotatable bonds is 3. The van der Waals surface area contributed by atoms with Crippen molar-refractivity contribution >= 4 is 0 Å². The van der Waals surface area contributed by atoms with E-state index in [1.807, 2.05) is 6.07 Å². The van der Waals surface area contributed by atoms with Gasteiger partial charge in [0.25, 0.3) is 0 Å². The van der Waals surface area contributed by atoms with Crippen molar-refractivity contribution in [3.8, 4) is 0 Å². The van der Waals surface area contributed by atoms with E-state index in [-0.39, 0.29) is 5.92 Å².